The molecule has 0 radical (unpaired) electrons. The van der Waals surface area contributed by atoms with Crippen molar-refractivity contribution in [3.63, 3.8) is 0 Å². The van der Waals surface area contributed by atoms with Gasteiger partial charge in [-0.1, -0.05) is 35.9 Å². The van der Waals surface area contributed by atoms with Crippen molar-refractivity contribution < 1.29 is 23.1 Å². The van der Waals surface area contributed by atoms with E-state index in [0.717, 1.165) is 9.69 Å². The lowest BCUT2D eigenvalue weighted by Gasteiger charge is -2.17. The van der Waals surface area contributed by atoms with Gasteiger partial charge in [0, 0.05) is 5.39 Å². The van der Waals surface area contributed by atoms with Crippen LogP contribution in [0.15, 0.2) is 58.5 Å². The predicted octanol–water partition coefficient (Wildman–Crippen LogP) is 2.87. The summed E-state index contributed by atoms with van der Waals surface area (Å²) < 4.78 is 31.9. The SMILES string of the molecule is COc1cc(C=NNC(=O)CN2c3cccc4cccc(c34)S2(=O)=O)cc(Cl)c1O. The fourth-order valence-electron chi connectivity index (χ4n) is 3.30. The number of halogens is 1. The van der Waals surface area contributed by atoms with Crippen LogP contribution in [0.2, 0.25) is 5.02 Å². The van der Waals surface area contributed by atoms with Crippen molar-refractivity contribution in [2.75, 3.05) is 18.0 Å². The zero-order valence-electron chi connectivity index (χ0n) is 15.7. The number of phenolic OH excluding ortho intramolecular Hbond substituents is 1. The summed E-state index contributed by atoms with van der Waals surface area (Å²) in [6.45, 7) is -0.423. The number of carbonyl (C=O) groups is 1. The summed E-state index contributed by atoms with van der Waals surface area (Å²) in [7, 11) is -2.45. The highest BCUT2D eigenvalue weighted by molar-refractivity contribution is 7.93. The molecule has 0 aliphatic carbocycles. The van der Waals surface area contributed by atoms with E-state index in [1.807, 2.05) is 12.1 Å². The van der Waals surface area contributed by atoms with E-state index in [9.17, 15) is 18.3 Å². The first-order chi connectivity index (χ1) is 14.3. The second kappa shape index (κ2) is 7.51. The van der Waals surface area contributed by atoms with Gasteiger partial charge in [-0.3, -0.25) is 9.10 Å². The minimum Gasteiger partial charge on any atom is -0.503 e. The molecule has 0 spiro atoms. The number of aromatic hydroxyl groups is 1. The summed E-state index contributed by atoms with van der Waals surface area (Å²) in [5.41, 5.74) is 3.23. The molecule has 0 atom stereocenters. The van der Waals surface area contributed by atoms with E-state index in [1.54, 1.807) is 18.2 Å². The lowest BCUT2D eigenvalue weighted by Crippen LogP contribution is -2.37. The van der Waals surface area contributed by atoms with Crippen LogP contribution in [0.5, 0.6) is 11.5 Å². The number of carbonyl (C=O) groups excluding carboxylic acids is 1. The number of benzene rings is 3. The predicted molar refractivity (Wildman–Crippen MR) is 114 cm³/mol. The average molecular weight is 446 g/mol. The maximum absolute atomic E-state index is 12.9. The summed E-state index contributed by atoms with van der Waals surface area (Å²) in [6.07, 6.45) is 1.31. The molecule has 1 amide bonds. The molecule has 0 aromatic heterocycles. The fourth-order valence-corrected chi connectivity index (χ4v) is 5.18. The van der Waals surface area contributed by atoms with E-state index in [-0.39, 0.29) is 21.4 Å². The van der Waals surface area contributed by atoms with Crippen molar-refractivity contribution in [1.29, 1.82) is 0 Å². The van der Waals surface area contributed by atoms with Crippen molar-refractivity contribution in [3.05, 3.63) is 59.1 Å². The number of anilines is 1. The number of phenols is 1. The number of methoxy groups -OCH3 is 1. The molecule has 0 saturated carbocycles. The van der Waals surface area contributed by atoms with Crippen LogP contribution in [0.25, 0.3) is 10.8 Å². The van der Waals surface area contributed by atoms with Gasteiger partial charge in [-0.2, -0.15) is 5.10 Å². The zero-order chi connectivity index (χ0) is 21.5. The van der Waals surface area contributed by atoms with Gasteiger partial charge >= 0.3 is 0 Å². The molecule has 0 fully saturated rings. The molecule has 3 aromatic rings. The van der Waals surface area contributed by atoms with Gasteiger partial charge in [-0.25, -0.2) is 13.8 Å². The van der Waals surface area contributed by atoms with Gasteiger partial charge in [0.25, 0.3) is 15.9 Å². The molecular weight excluding hydrogens is 430 g/mol. The van der Waals surface area contributed by atoms with Crippen molar-refractivity contribution in [1.82, 2.24) is 5.43 Å². The maximum atomic E-state index is 12.9. The van der Waals surface area contributed by atoms with Gasteiger partial charge in [0.2, 0.25) is 0 Å². The highest BCUT2D eigenvalue weighted by Crippen LogP contribution is 2.41. The zero-order valence-corrected chi connectivity index (χ0v) is 17.2. The number of nitrogens with zero attached hydrogens (tertiary/aromatic N) is 2. The first kappa shape index (κ1) is 20.0. The Hall–Kier alpha value is -3.30. The van der Waals surface area contributed by atoms with Crippen LogP contribution in [0.3, 0.4) is 0 Å². The van der Waals surface area contributed by atoms with Crippen LogP contribution in [0.4, 0.5) is 5.69 Å². The first-order valence-electron chi connectivity index (χ1n) is 8.76. The van der Waals surface area contributed by atoms with Crippen molar-refractivity contribution in [2.24, 2.45) is 5.10 Å². The Labute approximate surface area is 177 Å². The third-order valence-electron chi connectivity index (χ3n) is 4.64. The lowest BCUT2D eigenvalue weighted by molar-refractivity contribution is -0.119. The molecule has 1 aliphatic rings. The highest BCUT2D eigenvalue weighted by Gasteiger charge is 2.36. The van der Waals surface area contributed by atoms with E-state index in [4.69, 9.17) is 16.3 Å². The lowest BCUT2D eigenvalue weighted by atomic mass is 10.1. The number of sulfonamides is 1. The molecule has 1 heterocycles. The Balaban J connectivity index is 1.52. The number of ether oxygens (including phenoxy) is 1. The standard InChI is InChI=1S/C20H16ClN3O5S/c1-29-16-9-12(8-14(21)20(16)26)10-22-23-18(25)11-24-15-6-2-4-13-5-3-7-17(19(13)15)30(24,27)28/h2-10,26H,11H2,1H3,(H,23,25). The maximum Gasteiger partial charge on any atom is 0.265 e. The minimum absolute atomic E-state index is 0.0659. The molecule has 154 valence electrons. The molecule has 30 heavy (non-hydrogen) atoms. The molecule has 2 N–H and O–H groups in total. The first-order valence-corrected chi connectivity index (χ1v) is 10.6. The van der Waals surface area contributed by atoms with Crippen LogP contribution in [-0.2, 0) is 14.8 Å². The molecule has 0 saturated heterocycles. The Bertz CT molecular complexity index is 1300. The van der Waals surface area contributed by atoms with Gasteiger partial charge in [0.05, 0.1) is 28.9 Å². The molecule has 0 bridgehead atoms. The van der Waals surface area contributed by atoms with Gasteiger partial charge < -0.3 is 9.84 Å². The van der Waals surface area contributed by atoms with Crippen molar-refractivity contribution in [3.8, 4) is 11.5 Å². The number of hydrogen-bond donors (Lipinski definition) is 2. The molecule has 0 unspecified atom stereocenters. The number of rotatable bonds is 5. The van der Waals surface area contributed by atoms with Crippen LogP contribution in [-0.4, -0.2) is 39.3 Å². The number of hydrazone groups is 1. The third-order valence-corrected chi connectivity index (χ3v) is 6.73. The quantitative estimate of drug-likeness (QED) is 0.463. The molecule has 1 aliphatic heterocycles. The summed E-state index contributed by atoms with van der Waals surface area (Å²) in [5.74, 6) is -0.658. The highest BCUT2D eigenvalue weighted by atomic mass is 35.5. The molecule has 8 nitrogen and oxygen atoms in total. The second-order valence-electron chi connectivity index (χ2n) is 6.49. The van der Waals surface area contributed by atoms with Gasteiger partial charge in [0.1, 0.15) is 6.54 Å². The summed E-state index contributed by atoms with van der Waals surface area (Å²) in [4.78, 5) is 12.5. The van der Waals surface area contributed by atoms with Crippen molar-refractivity contribution in [2.45, 2.75) is 4.90 Å². The number of amides is 1. The Morgan fingerprint density at radius 2 is 2.00 bits per heavy atom. The second-order valence-corrected chi connectivity index (χ2v) is 8.73. The molecule has 10 heteroatoms. The van der Waals surface area contributed by atoms with Crippen LogP contribution < -0.4 is 14.5 Å². The Kier molecular flexibility index (Phi) is 5.00. The molecular formula is C20H16ClN3O5S. The van der Waals surface area contributed by atoms with E-state index >= 15 is 0 Å². The summed E-state index contributed by atoms with van der Waals surface area (Å²) >= 11 is 5.91. The Morgan fingerprint density at radius 3 is 2.73 bits per heavy atom. The van der Waals surface area contributed by atoms with E-state index in [1.165, 1.54) is 31.5 Å². The average Bonchev–Trinajstić information content (AvgIpc) is 2.94. The molecule has 4 rings (SSSR count). The monoisotopic (exact) mass is 445 g/mol. The third kappa shape index (κ3) is 3.31. The van der Waals surface area contributed by atoms with Crippen LogP contribution in [0, 0.1) is 0 Å². The van der Waals surface area contributed by atoms with Crippen LogP contribution >= 0.6 is 11.6 Å². The van der Waals surface area contributed by atoms with Gasteiger partial charge in [-0.05, 0) is 35.2 Å². The summed E-state index contributed by atoms with van der Waals surface area (Å²) in [5, 5.41) is 15.0. The van der Waals surface area contributed by atoms with Gasteiger partial charge in [-0.15, -0.1) is 0 Å². The van der Waals surface area contributed by atoms with E-state index < -0.39 is 22.5 Å². The molecule has 3 aromatic carbocycles. The smallest absolute Gasteiger partial charge is 0.265 e. The van der Waals surface area contributed by atoms with Crippen molar-refractivity contribution >= 4 is 50.2 Å². The van der Waals surface area contributed by atoms with Crippen LogP contribution in [0.1, 0.15) is 5.56 Å². The minimum atomic E-state index is -3.83. The fraction of sp³-hybridized carbons (Fsp3) is 0.100. The number of hydrogen-bond acceptors (Lipinski definition) is 6. The Morgan fingerprint density at radius 1 is 1.27 bits per heavy atom. The summed E-state index contributed by atoms with van der Waals surface area (Å²) in [6, 6.07) is 13.2. The van der Waals surface area contributed by atoms with E-state index in [2.05, 4.69) is 10.5 Å². The largest absolute Gasteiger partial charge is 0.503 e. The van der Waals surface area contributed by atoms with E-state index in [0.29, 0.717) is 16.6 Å². The normalized spacial score (nSPS) is 14.4. The topological polar surface area (TPSA) is 108 Å². The number of nitrogens with one attached hydrogen (secondary N) is 1. The van der Waals surface area contributed by atoms with Gasteiger partial charge in [0.15, 0.2) is 11.5 Å².